The summed E-state index contributed by atoms with van der Waals surface area (Å²) < 4.78 is 5.29. The van der Waals surface area contributed by atoms with Crippen LogP contribution in [0.4, 0.5) is 10.5 Å². The number of benzene rings is 2. The van der Waals surface area contributed by atoms with Crippen LogP contribution in [0.25, 0.3) is 10.9 Å². The summed E-state index contributed by atoms with van der Waals surface area (Å²) in [5.41, 5.74) is 3.33. The molecular formula is C25H30N4O3. The van der Waals surface area contributed by atoms with Crippen molar-refractivity contribution in [3.05, 3.63) is 65.9 Å². The number of para-hydroxylation sites is 1. The van der Waals surface area contributed by atoms with Gasteiger partial charge in [0.15, 0.2) is 0 Å². The third-order valence-electron chi connectivity index (χ3n) is 6.16. The van der Waals surface area contributed by atoms with Gasteiger partial charge in [-0.1, -0.05) is 30.3 Å². The average Bonchev–Trinajstić information content (AvgIpc) is 3.37. The van der Waals surface area contributed by atoms with Gasteiger partial charge in [0, 0.05) is 49.6 Å². The minimum absolute atomic E-state index is 0.0648. The third kappa shape index (κ3) is 4.94. The summed E-state index contributed by atoms with van der Waals surface area (Å²) in [7, 11) is 1.65. The number of carbonyl (C=O) groups is 2. The van der Waals surface area contributed by atoms with E-state index >= 15 is 0 Å². The number of anilines is 1. The van der Waals surface area contributed by atoms with Crippen LogP contribution in [0.1, 0.15) is 24.0 Å². The van der Waals surface area contributed by atoms with Crippen LogP contribution in [0, 0.1) is 6.92 Å². The minimum atomic E-state index is -0.514. The lowest BCUT2D eigenvalue weighted by Crippen LogP contribution is -2.53. The number of aryl methyl sites for hydroxylation is 1. The summed E-state index contributed by atoms with van der Waals surface area (Å²) >= 11 is 0. The molecule has 0 aliphatic carbocycles. The second-order valence-electron chi connectivity index (χ2n) is 8.57. The van der Waals surface area contributed by atoms with Gasteiger partial charge < -0.3 is 25.3 Å². The van der Waals surface area contributed by atoms with Gasteiger partial charge in [-0.2, -0.15) is 0 Å². The molecule has 1 saturated heterocycles. The summed E-state index contributed by atoms with van der Waals surface area (Å²) in [5.74, 6) is 0.0648. The van der Waals surface area contributed by atoms with Gasteiger partial charge in [-0.3, -0.25) is 4.79 Å². The van der Waals surface area contributed by atoms with Gasteiger partial charge in [0.25, 0.3) is 0 Å². The van der Waals surface area contributed by atoms with Gasteiger partial charge in [0.1, 0.15) is 0 Å². The number of fused-ring (bicyclic) bond motifs is 1. The molecule has 0 saturated carbocycles. The molecule has 0 spiro atoms. The summed E-state index contributed by atoms with van der Waals surface area (Å²) in [6.07, 6.45) is 3.57. The summed E-state index contributed by atoms with van der Waals surface area (Å²) in [4.78, 5) is 30.9. The largest absolute Gasteiger partial charge is 0.385 e. The molecule has 3 amide bonds. The van der Waals surface area contributed by atoms with E-state index in [0.29, 0.717) is 39.0 Å². The maximum atomic E-state index is 13.1. The van der Waals surface area contributed by atoms with E-state index in [2.05, 4.69) is 15.6 Å². The number of carbonyl (C=O) groups excluding carboxylic acids is 2. The lowest BCUT2D eigenvalue weighted by Gasteiger charge is -2.30. The van der Waals surface area contributed by atoms with Crippen molar-refractivity contribution in [2.24, 2.45) is 0 Å². The molecule has 1 aliphatic rings. The van der Waals surface area contributed by atoms with E-state index in [1.54, 1.807) is 7.11 Å². The number of methoxy groups -OCH3 is 1. The Kier molecular flexibility index (Phi) is 6.46. The van der Waals surface area contributed by atoms with Gasteiger partial charge >= 0.3 is 6.03 Å². The van der Waals surface area contributed by atoms with Crippen LogP contribution in [0.5, 0.6) is 0 Å². The molecule has 0 bridgehead atoms. The molecule has 32 heavy (non-hydrogen) atoms. The van der Waals surface area contributed by atoms with Crippen molar-refractivity contribution in [1.29, 1.82) is 0 Å². The predicted molar refractivity (Wildman–Crippen MR) is 126 cm³/mol. The van der Waals surface area contributed by atoms with Crippen LogP contribution in [-0.4, -0.2) is 54.2 Å². The van der Waals surface area contributed by atoms with Crippen molar-refractivity contribution in [1.82, 2.24) is 15.2 Å². The second kappa shape index (κ2) is 9.44. The fourth-order valence-electron chi connectivity index (χ4n) is 4.43. The molecule has 2 heterocycles. The van der Waals surface area contributed by atoms with Crippen molar-refractivity contribution < 1.29 is 14.3 Å². The van der Waals surface area contributed by atoms with E-state index in [4.69, 9.17) is 4.74 Å². The first kappa shape index (κ1) is 21.9. The maximum Gasteiger partial charge on any atom is 0.319 e. The van der Waals surface area contributed by atoms with Crippen LogP contribution in [0.3, 0.4) is 0 Å². The van der Waals surface area contributed by atoms with Gasteiger partial charge in [0.2, 0.25) is 5.91 Å². The molecule has 7 heteroatoms. The molecule has 3 aromatic rings. The highest BCUT2D eigenvalue weighted by molar-refractivity contribution is 5.91. The fourth-order valence-corrected chi connectivity index (χ4v) is 4.43. The normalized spacial score (nSPS) is 18.1. The Labute approximate surface area is 188 Å². The highest BCUT2D eigenvalue weighted by Crippen LogP contribution is 2.27. The lowest BCUT2D eigenvalue weighted by molar-refractivity contribution is -0.129. The number of nitrogens with zero attached hydrogens (tertiary/aromatic N) is 1. The quantitative estimate of drug-likeness (QED) is 0.528. The molecule has 168 valence electrons. The van der Waals surface area contributed by atoms with Gasteiger partial charge in [-0.05, 0) is 49.1 Å². The van der Waals surface area contributed by atoms with Crippen LogP contribution < -0.4 is 10.6 Å². The monoisotopic (exact) mass is 434 g/mol. The van der Waals surface area contributed by atoms with Crippen molar-refractivity contribution in [3.8, 4) is 0 Å². The first-order chi connectivity index (χ1) is 15.5. The van der Waals surface area contributed by atoms with Crippen molar-refractivity contribution in [3.63, 3.8) is 0 Å². The number of aromatic nitrogens is 1. The number of rotatable bonds is 7. The summed E-state index contributed by atoms with van der Waals surface area (Å²) in [6.45, 7) is 3.57. The fraction of sp³-hybridized carbons (Fsp3) is 0.360. The van der Waals surface area contributed by atoms with E-state index < -0.39 is 5.54 Å². The Morgan fingerprint density at radius 3 is 2.84 bits per heavy atom. The summed E-state index contributed by atoms with van der Waals surface area (Å²) in [5, 5.41) is 7.12. The van der Waals surface area contributed by atoms with E-state index in [0.717, 1.165) is 27.7 Å². The molecule has 7 nitrogen and oxygen atoms in total. The van der Waals surface area contributed by atoms with Crippen molar-refractivity contribution in [2.75, 3.05) is 32.1 Å². The van der Waals surface area contributed by atoms with Gasteiger partial charge in [-0.25, -0.2) is 4.79 Å². The number of H-pyrrole nitrogens is 1. The number of hydrogen-bond donors (Lipinski definition) is 3. The Morgan fingerprint density at radius 2 is 2.03 bits per heavy atom. The highest BCUT2D eigenvalue weighted by atomic mass is 16.5. The van der Waals surface area contributed by atoms with Crippen LogP contribution in [0.15, 0.2) is 54.7 Å². The Hall–Kier alpha value is -3.32. The van der Waals surface area contributed by atoms with Crippen LogP contribution >= 0.6 is 0 Å². The van der Waals surface area contributed by atoms with Crippen molar-refractivity contribution in [2.45, 2.75) is 31.7 Å². The first-order valence-electron chi connectivity index (χ1n) is 11.0. The molecule has 1 aliphatic heterocycles. The maximum absolute atomic E-state index is 13.1. The smallest absolute Gasteiger partial charge is 0.319 e. The molecule has 3 N–H and O–H groups in total. The van der Waals surface area contributed by atoms with E-state index in [1.165, 1.54) is 0 Å². The number of urea groups is 1. The van der Waals surface area contributed by atoms with Gasteiger partial charge in [-0.15, -0.1) is 0 Å². The van der Waals surface area contributed by atoms with Crippen molar-refractivity contribution >= 4 is 28.5 Å². The number of ether oxygens (including phenoxy) is 1. The Balaban J connectivity index is 1.42. The highest BCUT2D eigenvalue weighted by Gasteiger charge is 2.41. The standard InChI is InChI=1S/C25H30N4O3/c1-18-6-5-7-20(14-18)27-24(31)28-25(11-13-32-2)10-12-29(17-25)23(30)15-19-16-26-22-9-4-3-8-21(19)22/h3-9,14,16,26H,10-13,15,17H2,1-2H3,(H2,27,28,31). The number of amides is 3. The molecule has 1 unspecified atom stereocenters. The SMILES string of the molecule is COCCC1(NC(=O)Nc2cccc(C)c2)CCN(C(=O)Cc2c[nH]c3ccccc23)C1. The Morgan fingerprint density at radius 1 is 1.19 bits per heavy atom. The van der Waals surface area contributed by atoms with E-state index in [-0.39, 0.29) is 11.9 Å². The predicted octanol–water partition coefficient (Wildman–Crippen LogP) is 3.85. The molecule has 1 aromatic heterocycles. The number of likely N-dealkylation sites (tertiary alicyclic amines) is 1. The minimum Gasteiger partial charge on any atom is -0.385 e. The zero-order valence-electron chi connectivity index (χ0n) is 18.6. The second-order valence-corrected chi connectivity index (χ2v) is 8.57. The zero-order chi connectivity index (χ0) is 22.6. The van der Waals surface area contributed by atoms with Crippen LogP contribution in [0.2, 0.25) is 0 Å². The number of hydrogen-bond acceptors (Lipinski definition) is 3. The molecule has 1 atom stereocenters. The first-order valence-corrected chi connectivity index (χ1v) is 11.0. The molecule has 2 aromatic carbocycles. The number of aromatic amines is 1. The van der Waals surface area contributed by atoms with Crippen LogP contribution in [-0.2, 0) is 16.0 Å². The topological polar surface area (TPSA) is 86.5 Å². The molecule has 0 radical (unpaired) electrons. The van der Waals surface area contributed by atoms with E-state index in [1.807, 2.05) is 66.6 Å². The van der Waals surface area contributed by atoms with E-state index in [9.17, 15) is 9.59 Å². The number of nitrogens with one attached hydrogen (secondary N) is 3. The molecule has 4 rings (SSSR count). The Bertz CT molecular complexity index is 1110. The van der Waals surface area contributed by atoms with Gasteiger partial charge in [0.05, 0.1) is 12.0 Å². The molecule has 1 fully saturated rings. The summed E-state index contributed by atoms with van der Waals surface area (Å²) in [6, 6.07) is 15.4. The average molecular weight is 435 g/mol. The lowest BCUT2D eigenvalue weighted by atomic mass is 9.94. The zero-order valence-corrected chi connectivity index (χ0v) is 18.6. The molecular weight excluding hydrogens is 404 g/mol. The third-order valence-corrected chi connectivity index (χ3v) is 6.16.